The second-order valence-corrected chi connectivity index (χ2v) is 5.32. The molecule has 1 heterocycles. The van der Waals surface area contributed by atoms with Gasteiger partial charge in [-0.2, -0.15) is 0 Å². The number of carbonyl (C=O) groups excluding carboxylic acids is 1. The second kappa shape index (κ2) is 6.69. The zero-order chi connectivity index (χ0) is 12.8. The maximum absolute atomic E-state index is 11.6. The van der Waals surface area contributed by atoms with E-state index in [4.69, 9.17) is 0 Å². The molecule has 1 saturated carbocycles. The topological polar surface area (TPSA) is 29.1 Å². The molecule has 1 N–H and O–H groups in total. The molecule has 2 aliphatic rings. The van der Waals surface area contributed by atoms with E-state index in [1.54, 1.807) is 0 Å². The molecule has 3 rings (SSSR count). The highest BCUT2D eigenvalue weighted by molar-refractivity contribution is 5.86. The highest BCUT2D eigenvalue weighted by Gasteiger charge is 2.22. The molecule has 0 bridgehead atoms. The van der Waals surface area contributed by atoms with Gasteiger partial charge in [0.1, 0.15) is 5.78 Å². The van der Waals surface area contributed by atoms with Crippen molar-refractivity contribution in [3.63, 3.8) is 0 Å². The first-order chi connectivity index (χ1) is 8.77. The van der Waals surface area contributed by atoms with Crippen LogP contribution in [-0.2, 0) is 4.79 Å². The summed E-state index contributed by atoms with van der Waals surface area (Å²) in [6.45, 7) is 3.44. The van der Waals surface area contributed by atoms with Gasteiger partial charge in [0.05, 0.1) is 0 Å². The minimum Gasteiger partial charge on any atom is -0.314 e. The van der Waals surface area contributed by atoms with Crippen molar-refractivity contribution >= 4 is 5.78 Å². The molecule has 1 aliphatic carbocycles. The fraction of sp³-hybridized carbons (Fsp3) is 0.562. The summed E-state index contributed by atoms with van der Waals surface area (Å²) in [6, 6.07) is 11.0. The molecule has 18 heavy (non-hydrogen) atoms. The number of carbonyl (C=O) groups is 1. The molecule has 98 valence electrons. The predicted molar refractivity (Wildman–Crippen MR) is 74.7 cm³/mol. The molecule has 0 spiro atoms. The molecule has 1 aromatic carbocycles. The van der Waals surface area contributed by atoms with Crippen LogP contribution in [0.5, 0.6) is 0 Å². The first-order valence-corrected chi connectivity index (χ1v) is 7.08. The van der Waals surface area contributed by atoms with Crippen LogP contribution in [0.1, 0.15) is 50.5 Å². The van der Waals surface area contributed by atoms with Gasteiger partial charge in [-0.05, 0) is 38.3 Å². The third-order valence-corrected chi connectivity index (χ3v) is 3.83. The number of rotatable bonds is 1. The number of hydrogen-bond donors (Lipinski definition) is 1. The highest BCUT2D eigenvalue weighted by Crippen LogP contribution is 2.29. The van der Waals surface area contributed by atoms with E-state index in [1.807, 2.05) is 18.2 Å². The fourth-order valence-corrected chi connectivity index (χ4v) is 2.45. The van der Waals surface area contributed by atoms with Crippen LogP contribution >= 0.6 is 0 Å². The maximum atomic E-state index is 11.6. The summed E-state index contributed by atoms with van der Waals surface area (Å²) in [4.78, 5) is 11.6. The number of hydrogen-bond acceptors (Lipinski definition) is 2. The van der Waals surface area contributed by atoms with Crippen LogP contribution in [0.15, 0.2) is 30.3 Å². The Kier molecular flexibility index (Phi) is 4.94. The third-order valence-electron chi connectivity index (χ3n) is 3.83. The SMILES string of the molecule is CC1CCN1.O=C1CCCCC1c1ccccc1. The van der Waals surface area contributed by atoms with E-state index in [0.29, 0.717) is 5.78 Å². The van der Waals surface area contributed by atoms with Crippen LogP contribution in [0, 0.1) is 0 Å². The van der Waals surface area contributed by atoms with Gasteiger partial charge < -0.3 is 5.32 Å². The molecular formula is C16H23NO. The normalized spacial score (nSPS) is 26.8. The molecule has 2 nitrogen and oxygen atoms in total. The summed E-state index contributed by atoms with van der Waals surface area (Å²) in [7, 11) is 0. The minimum atomic E-state index is 0.190. The van der Waals surface area contributed by atoms with Gasteiger partial charge >= 0.3 is 0 Å². The van der Waals surface area contributed by atoms with Crippen molar-refractivity contribution in [3.05, 3.63) is 35.9 Å². The molecule has 2 atom stereocenters. The molecule has 1 saturated heterocycles. The lowest BCUT2D eigenvalue weighted by atomic mass is 9.83. The van der Waals surface area contributed by atoms with Crippen LogP contribution in [0.2, 0.25) is 0 Å². The van der Waals surface area contributed by atoms with Crippen molar-refractivity contribution in [3.8, 4) is 0 Å². The van der Waals surface area contributed by atoms with Gasteiger partial charge in [-0.15, -0.1) is 0 Å². The Balaban J connectivity index is 0.000000202. The van der Waals surface area contributed by atoms with Gasteiger partial charge in [-0.25, -0.2) is 0 Å². The first kappa shape index (κ1) is 13.3. The van der Waals surface area contributed by atoms with Crippen LogP contribution in [-0.4, -0.2) is 18.4 Å². The lowest BCUT2D eigenvalue weighted by Gasteiger charge is -2.22. The quantitative estimate of drug-likeness (QED) is 0.822. The van der Waals surface area contributed by atoms with Crippen molar-refractivity contribution in [2.75, 3.05) is 6.54 Å². The zero-order valence-corrected chi connectivity index (χ0v) is 11.2. The average Bonchev–Trinajstić information content (AvgIpc) is 2.39. The first-order valence-electron chi connectivity index (χ1n) is 7.08. The highest BCUT2D eigenvalue weighted by atomic mass is 16.1. The Morgan fingerprint density at radius 2 is 1.78 bits per heavy atom. The second-order valence-electron chi connectivity index (χ2n) is 5.32. The average molecular weight is 245 g/mol. The van der Waals surface area contributed by atoms with Crippen molar-refractivity contribution in [1.29, 1.82) is 0 Å². The van der Waals surface area contributed by atoms with Crippen LogP contribution in [0.3, 0.4) is 0 Å². The molecule has 2 unspecified atom stereocenters. The summed E-state index contributed by atoms with van der Waals surface area (Å²) < 4.78 is 0. The maximum Gasteiger partial charge on any atom is 0.140 e. The summed E-state index contributed by atoms with van der Waals surface area (Å²) in [6.07, 6.45) is 5.48. The Hall–Kier alpha value is -1.15. The molecule has 0 radical (unpaired) electrons. The summed E-state index contributed by atoms with van der Waals surface area (Å²) in [5.41, 5.74) is 1.20. The van der Waals surface area contributed by atoms with Gasteiger partial charge in [-0.3, -0.25) is 4.79 Å². The predicted octanol–water partition coefficient (Wildman–Crippen LogP) is 3.28. The van der Waals surface area contributed by atoms with E-state index >= 15 is 0 Å². The summed E-state index contributed by atoms with van der Waals surface area (Å²) in [5.74, 6) is 0.618. The Bertz CT molecular complexity index is 370. The van der Waals surface area contributed by atoms with Gasteiger partial charge in [0.2, 0.25) is 0 Å². The smallest absolute Gasteiger partial charge is 0.140 e. The van der Waals surface area contributed by atoms with Gasteiger partial charge in [0.25, 0.3) is 0 Å². The van der Waals surface area contributed by atoms with E-state index in [0.717, 1.165) is 25.3 Å². The van der Waals surface area contributed by atoms with Crippen LogP contribution in [0.25, 0.3) is 0 Å². The molecule has 1 aromatic rings. The number of benzene rings is 1. The lowest BCUT2D eigenvalue weighted by molar-refractivity contribution is -0.121. The van der Waals surface area contributed by atoms with Crippen LogP contribution < -0.4 is 5.32 Å². The molecular weight excluding hydrogens is 222 g/mol. The van der Waals surface area contributed by atoms with E-state index in [2.05, 4.69) is 24.4 Å². The molecule has 2 fully saturated rings. The number of ketones is 1. The summed E-state index contributed by atoms with van der Waals surface area (Å²) in [5, 5.41) is 3.21. The van der Waals surface area contributed by atoms with E-state index in [-0.39, 0.29) is 5.92 Å². The lowest BCUT2D eigenvalue weighted by Crippen LogP contribution is -2.39. The van der Waals surface area contributed by atoms with Crippen molar-refractivity contribution in [1.82, 2.24) is 5.32 Å². The Morgan fingerprint density at radius 1 is 1.11 bits per heavy atom. The largest absolute Gasteiger partial charge is 0.314 e. The van der Waals surface area contributed by atoms with Crippen LogP contribution in [0.4, 0.5) is 0 Å². The monoisotopic (exact) mass is 245 g/mol. The standard InChI is InChI=1S/C12H14O.C4H9N/c13-12-9-5-4-8-11(12)10-6-2-1-3-7-10;1-4-2-3-5-4/h1-3,6-7,11H,4-5,8-9H2;4-5H,2-3H2,1H3. The van der Waals surface area contributed by atoms with Crippen molar-refractivity contribution in [2.24, 2.45) is 0 Å². The zero-order valence-electron chi connectivity index (χ0n) is 11.2. The van der Waals surface area contributed by atoms with Crippen molar-refractivity contribution < 1.29 is 4.79 Å². The molecule has 0 amide bonds. The van der Waals surface area contributed by atoms with E-state index in [9.17, 15) is 4.79 Å². The van der Waals surface area contributed by atoms with E-state index < -0.39 is 0 Å². The minimum absolute atomic E-state index is 0.190. The van der Waals surface area contributed by atoms with Crippen molar-refractivity contribution in [2.45, 2.75) is 51.0 Å². The molecule has 1 aliphatic heterocycles. The molecule has 0 aromatic heterocycles. The summed E-state index contributed by atoms with van der Waals surface area (Å²) >= 11 is 0. The Morgan fingerprint density at radius 3 is 2.28 bits per heavy atom. The number of Topliss-reactive ketones (excluding diaryl/α,β-unsaturated/α-hetero) is 1. The fourth-order valence-electron chi connectivity index (χ4n) is 2.45. The number of nitrogens with one attached hydrogen (secondary N) is 1. The van der Waals surface area contributed by atoms with Gasteiger partial charge in [-0.1, -0.05) is 36.8 Å². The van der Waals surface area contributed by atoms with E-state index in [1.165, 1.54) is 24.9 Å². The van der Waals surface area contributed by atoms with Gasteiger partial charge in [0, 0.05) is 18.4 Å². The molecule has 2 heteroatoms. The third kappa shape index (κ3) is 3.67. The Labute approximate surface area is 110 Å². The van der Waals surface area contributed by atoms with Gasteiger partial charge in [0.15, 0.2) is 0 Å².